The van der Waals surface area contributed by atoms with Crippen LogP contribution in [0.1, 0.15) is 37.0 Å². The maximum absolute atomic E-state index is 13.4. The number of hydrogen-bond acceptors (Lipinski definition) is 3. The van der Waals surface area contributed by atoms with Crippen LogP contribution in [0.25, 0.3) is 0 Å². The second-order valence-corrected chi connectivity index (χ2v) is 6.16. The van der Waals surface area contributed by atoms with Crippen molar-refractivity contribution in [2.45, 2.75) is 26.7 Å². The summed E-state index contributed by atoms with van der Waals surface area (Å²) >= 11 is 3.02. The molecule has 0 bridgehead atoms. The molecule has 1 aromatic rings. The van der Waals surface area contributed by atoms with E-state index in [4.69, 9.17) is 9.84 Å². The van der Waals surface area contributed by atoms with Crippen LogP contribution in [0.4, 0.5) is 4.39 Å². The van der Waals surface area contributed by atoms with E-state index in [1.54, 1.807) is 13.8 Å². The Morgan fingerprint density at radius 1 is 1.35 bits per heavy atom. The highest BCUT2D eigenvalue weighted by atomic mass is 79.9. The van der Waals surface area contributed by atoms with E-state index in [0.717, 1.165) is 6.07 Å². The summed E-state index contributed by atoms with van der Waals surface area (Å²) in [5.74, 6) is -1.63. The quantitative estimate of drug-likeness (QED) is 0.798. The summed E-state index contributed by atoms with van der Waals surface area (Å²) in [5.41, 5.74) is -0.450. The lowest BCUT2D eigenvalue weighted by Gasteiger charge is -2.21. The largest absolute Gasteiger partial charge is 0.496 e. The van der Waals surface area contributed by atoms with Crippen LogP contribution in [-0.4, -0.2) is 24.0 Å². The van der Waals surface area contributed by atoms with Crippen LogP contribution < -0.4 is 4.74 Å². The highest BCUT2D eigenvalue weighted by Crippen LogP contribution is 2.32. The molecule has 4 nitrogen and oxygen atoms in total. The van der Waals surface area contributed by atoms with Crippen LogP contribution >= 0.6 is 15.9 Å². The molecule has 6 heteroatoms. The van der Waals surface area contributed by atoms with Gasteiger partial charge in [0.1, 0.15) is 11.6 Å². The molecule has 0 heterocycles. The maximum Gasteiger partial charge on any atom is 0.303 e. The van der Waals surface area contributed by atoms with Gasteiger partial charge in [-0.15, -0.1) is 0 Å². The molecule has 0 atom stereocenters. The fourth-order valence-electron chi connectivity index (χ4n) is 1.92. The van der Waals surface area contributed by atoms with Gasteiger partial charge in [0.25, 0.3) is 0 Å². The Morgan fingerprint density at radius 3 is 2.45 bits per heavy atom. The summed E-state index contributed by atoms with van der Waals surface area (Å²) in [7, 11) is 1.35. The Hall–Kier alpha value is -1.43. The number of carboxylic acids is 1. The molecule has 1 aromatic carbocycles. The van der Waals surface area contributed by atoms with E-state index < -0.39 is 17.2 Å². The predicted molar refractivity (Wildman–Crippen MR) is 75.6 cm³/mol. The predicted octanol–water partition coefficient (Wildman–Crippen LogP) is 3.67. The van der Waals surface area contributed by atoms with Crippen LogP contribution in [0.15, 0.2) is 16.6 Å². The molecule has 1 rings (SSSR count). The lowest BCUT2D eigenvalue weighted by Crippen LogP contribution is -2.21. The molecule has 0 aromatic heterocycles. The van der Waals surface area contributed by atoms with Crippen molar-refractivity contribution in [3.05, 3.63) is 28.0 Å². The summed E-state index contributed by atoms with van der Waals surface area (Å²) < 4.78 is 18.6. The zero-order chi connectivity index (χ0) is 15.5. The van der Waals surface area contributed by atoms with Crippen LogP contribution in [0.2, 0.25) is 0 Å². The molecule has 0 aliphatic carbocycles. The van der Waals surface area contributed by atoms with E-state index in [2.05, 4.69) is 15.9 Å². The monoisotopic (exact) mass is 346 g/mol. The number of aliphatic carboxylic acids is 1. The van der Waals surface area contributed by atoms with Crippen molar-refractivity contribution in [2.24, 2.45) is 5.41 Å². The van der Waals surface area contributed by atoms with E-state index in [1.807, 2.05) is 0 Å². The highest BCUT2D eigenvalue weighted by molar-refractivity contribution is 9.10. The van der Waals surface area contributed by atoms with E-state index in [0.29, 0.717) is 0 Å². The standard InChI is InChI=1S/C14H16BrFO4/c1-14(2,7-13(18)19)6-11(17)8-4-9(15)10(16)5-12(8)20-3/h4-5H,6-7H2,1-3H3,(H,18,19). The van der Waals surface area contributed by atoms with Crippen LogP contribution in [0.3, 0.4) is 0 Å². The van der Waals surface area contributed by atoms with Gasteiger partial charge in [0.2, 0.25) is 0 Å². The van der Waals surface area contributed by atoms with Gasteiger partial charge >= 0.3 is 5.97 Å². The number of carbonyl (C=O) groups excluding carboxylic acids is 1. The first-order chi connectivity index (χ1) is 9.16. The Bertz CT molecular complexity index is 540. The second-order valence-electron chi connectivity index (χ2n) is 5.30. The van der Waals surface area contributed by atoms with Gasteiger partial charge in [-0.1, -0.05) is 13.8 Å². The maximum atomic E-state index is 13.4. The number of ether oxygens (including phenoxy) is 1. The number of hydrogen-bond donors (Lipinski definition) is 1. The molecule has 0 radical (unpaired) electrons. The van der Waals surface area contributed by atoms with Gasteiger partial charge in [-0.25, -0.2) is 4.39 Å². The smallest absolute Gasteiger partial charge is 0.303 e. The molecule has 0 saturated heterocycles. The highest BCUT2D eigenvalue weighted by Gasteiger charge is 2.27. The molecule has 1 N–H and O–H groups in total. The van der Waals surface area contributed by atoms with Crippen molar-refractivity contribution in [3.63, 3.8) is 0 Å². The van der Waals surface area contributed by atoms with Crippen molar-refractivity contribution in [1.82, 2.24) is 0 Å². The molecule has 0 aliphatic rings. The molecule has 0 spiro atoms. The first kappa shape index (κ1) is 16.6. The van der Waals surface area contributed by atoms with Crippen LogP contribution in [0.5, 0.6) is 5.75 Å². The minimum absolute atomic E-state index is 0.0354. The molecular weight excluding hydrogens is 331 g/mol. The summed E-state index contributed by atoms with van der Waals surface area (Å²) in [5, 5.41) is 8.82. The lowest BCUT2D eigenvalue weighted by atomic mass is 9.82. The first-order valence-corrected chi connectivity index (χ1v) is 6.73. The average molecular weight is 347 g/mol. The molecule has 110 valence electrons. The normalized spacial score (nSPS) is 11.2. The summed E-state index contributed by atoms with van der Waals surface area (Å²) in [6.45, 7) is 3.40. The third-order valence-electron chi connectivity index (χ3n) is 2.81. The van der Waals surface area contributed by atoms with Crippen molar-refractivity contribution >= 4 is 27.7 Å². The van der Waals surface area contributed by atoms with E-state index in [1.165, 1.54) is 13.2 Å². The van der Waals surface area contributed by atoms with E-state index >= 15 is 0 Å². The molecule has 0 unspecified atom stereocenters. The number of benzene rings is 1. The van der Waals surface area contributed by atoms with Gasteiger partial charge in [-0.05, 0) is 27.4 Å². The molecule has 0 aliphatic heterocycles. The Morgan fingerprint density at radius 2 is 1.95 bits per heavy atom. The molecular formula is C14H16BrFO4. The van der Waals surface area contributed by atoms with Crippen molar-refractivity contribution < 1.29 is 23.8 Å². The van der Waals surface area contributed by atoms with Gasteiger partial charge in [0.15, 0.2) is 5.78 Å². The fraction of sp³-hybridized carbons (Fsp3) is 0.429. The molecule has 0 fully saturated rings. The number of ketones is 1. The number of rotatable bonds is 6. The lowest BCUT2D eigenvalue weighted by molar-refractivity contribution is -0.139. The number of carboxylic acid groups (broad SMARTS) is 1. The second kappa shape index (κ2) is 6.35. The van der Waals surface area contributed by atoms with Gasteiger partial charge in [-0.2, -0.15) is 0 Å². The van der Waals surface area contributed by atoms with E-state index in [9.17, 15) is 14.0 Å². The van der Waals surface area contributed by atoms with Gasteiger partial charge < -0.3 is 9.84 Å². The van der Waals surface area contributed by atoms with Gasteiger partial charge in [0, 0.05) is 12.5 Å². The topological polar surface area (TPSA) is 63.6 Å². The number of carbonyl (C=O) groups is 2. The Labute approximate surface area is 125 Å². The molecule has 0 saturated carbocycles. The average Bonchev–Trinajstić information content (AvgIpc) is 2.29. The summed E-state index contributed by atoms with van der Waals surface area (Å²) in [6.07, 6.45) is -0.0862. The number of halogens is 2. The van der Waals surface area contributed by atoms with Crippen LogP contribution in [-0.2, 0) is 4.79 Å². The van der Waals surface area contributed by atoms with Crippen molar-refractivity contribution in [2.75, 3.05) is 7.11 Å². The number of Topliss-reactive ketones (excluding diaryl/α,β-unsaturated/α-hetero) is 1. The zero-order valence-corrected chi connectivity index (χ0v) is 13.1. The van der Waals surface area contributed by atoms with E-state index in [-0.39, 0.29) is 34.4 Å². The van der Waals surface area contributed by atoms with Gasteiger partial charge in [-0.3, -0.25) is 9.59 Å². The third kappa shape index (κ3) is 4.30. The number of methoxy groups -OCH3 is 1. The Kier molecular flexibility index (Phi) is 5.28. The summed E-state index contributed by atoms with van der Waals surface area (Å²) in [4.78, 5) is 23.0. The zero-order valence-electron chi connectivity index (χ0n) is 11.5. The minimum Gasteiger partial charge on any atom is -0.496 e. The fourth-order valence-corrected chi connectivity index (χ4v) is 2.26. The van der Waals surface area contributed by atoms with Crippen molar-refractivity contribution in [1.29, 1.82) is 0 Å². The van der Waals surface area contributed by atoms with Gasteiger partial charge in [0.05, 0.1) is 23.6 Å². The molecule has 20 heavy (non-hydrogen) atoms. The minimum atomic E-state index is -0.963. The third-order valence-corrected chi connectivity index (χ3v) is 3.42. The first-order valence-electron chi connectivity index (χ1n) is 5.94. The Balaban J connectivity index is 3.03. The molecule has 0 amide bonds. The van der Waals surface area contributed by atoms with Crippen molar-refractivity contribution in [3.8, 4) is 5.75 Å². The SMILES string of the molecule is COc1cc(F)c(Br)cc1C(=O)CC(C)(C)CC(=O)O. The summed E-state index contributed by atoms with van der Waals surface area (Å²) in [6, 6.07) is 2.48. The van der Waals surface area contributed by atoms with Crippen LogP contribution in [0, 0.1) is 11.2 Å².